The standard InChI is InChI=1S/C15H15ClN2/c16-12-5-3-11(9-17)14(8-12)13-6-4-10-2-1-7-18-15(10)13/h1-3,5,7-8,13H,4,6,9,17H2. The van der Waals surface area contributed by atoms with Gasteiger partial charge in [0, 0.05) is 23.7 Å². The minimum Gasteiger partial charge on any atom is -0.326 e. The van der Waals surface area contributed by atoms with Gasteiger partial charge in [0.25, 0.3) is 0 Å². The molecule has 0 radical (unpaired) electrons. The Morgan fingerprint density at radius 2 is 2.22 bits per heavy atom. The van der Waals surface area contributed by atoms with Gasteiger partial charge < -0.3 is 5.73 Å². The SMILES string of the molecule is NCc1ccc(Cl)cc1C1CCc2cccnc21. The first-order chi connectivity index (χ1) is 8.79. The van der Waals surface area contributed by atoms with Gasteiger partial charge in [0.2, 0.25) is 0 Å². The number of aryl methyl sites for hydroxylation is 1. The van der Waals surface area contributed by atoms with Crippen LogP contribution in [0.3, 0.4) is 0 Å². The summed E-state index contributed by atoms with van der Waals surface area (Å²) in [5, 5.41) is 0.770. The fourth-order valence-corrected chi connectivity index (χ4v) is 2.97. The predicted molar refractivity (Wildman–Crippen MR) is 73.7 cm³/mol. The third-order valence-corrected chi connectivity index (χ3v) is 3.90. The van der Waals surface area contributed by atoms with E-state index in [1.54, 1.807) is 0 Å². The minimum absolute atomic E-state index is 0.346. The van der Waals surface area contributed by atoms with Crippen molar-refractivity contribution in [3.63, 3.8) is 0 Å². The topological polar surface area (TPSA) is 38.9 Å². The number of halogens is 1. The van der Waals surface area contributed by atoms with E-state index in [0.717, 1.165) is 17.9 Å². The van der Waals surface area contributed by atoms with Gasteiger partial charge in [-0.15, -0.1) is 0 Å². The quantitative estimate of drug-likeness (QED) is 0.898. The highest BCUT2D eigenvalue weighted by molar-refractivity contribution is 6.30. The fraction of sp³-hybridized carbons (Fsp3) is 0.267. The Hall–Kier alpha value is -1.38. The van der Waals surface area contributed by atoms with Crippen molar-refractivity contribution in [3.8, 4) is 0 Å². The summed E-state index contributed by atoms with van der Waals surface area (Å²) in [6.07, 6.45) is 4.05. The number of nitrogens with two attached hydrogens (primary N) is 1. The van der Waals surface area contributed by atoms with Crippen LogP contribution >= 0.6 is 11.6 Å². The molecular formula is C15H15ClN2. The lowest BCUT2D eigenvalue weighted by Gasteiger charge is -2.15. The zero-order valence-corrected chi connectivity index (χ0v) is 10.8. The van der Waals surface area contributed by atoms with Gasteiger partial charge in [-0.05, 0) is 47.7 Å². The van der Waals surface area contributed by atoms with Crippen LogP contribution in [0.1, 0.15) is 34.7 Å². The van der Waals surface area contributed by atoms with Crippen LogP contribution in [-0.4, -0.2) is 4.98 Å². The van der Waals surface area contributed by atoms with Crippen molar-refractivity contribution in [2.24, 2.45) is 5.73 Å². The summed E-state index contributed by atoms with van der Waals surface area (Å²) in [6, 6.07) is 10.1. The molecule has 1 aromatic heterocycles. The van der Waals surface area contributed by atoms with Gasteiger partial charge in [0.05, 0.1) is 5.69 Å². The van der Waals surface area contributed by atoms with Crippen LogP contribution in [0.2, 0.25) is 5.02 Å². The van der Waals surface area contributed by atoms with Gasteiger partial charge in [-0.1, -0.05) is 23.7 Å². The van der Waals surface area contributed by atoms with Crippen LogP contribution in [-0.2, 0) is 13.0 Å². The van der Waals surface area contributed by atoms with E-state index in [0.29, 0.717) is 12.5 Å². The zero-order chi connectivity index (χ0) is 12.5. The second-order valence-electron chi connectivity index (χ2n) is 4.69. The molecule has 3 heteroatoms. The molecule has 1 heterocycles. The molecule has 0 saturated carbocycles. The van der Waals surface area contributed by atoms with Gasteiger partial charge in [0.1, 0.15) is 0 Å². The Morgan fingerprint density at radius 3 is 3.06 bits per heavy atom. The van der Waals surface area contributed by atoms with Crippen molar-refractivity contribution in [2.75, 3.05) is 0 Å². The van der Waals surface area contributed by atoms with E-state index in [1.165, 1.54) is 22.4 Å². The maximum Gasteiger partial charge on any atom is 0.0510 e. The molecule has 2 aromatic rings. The van der Waals surface area contributed by atoms with Crippen LogP contribution in [0.15, 0.2) is 36.5 Å². The van der Waals surface area contributed by atoms with Gasteiger partial charge in [-0.25, -0.2) is 0 Å². The predicted octanol–water partition coefficient (Wildman–Crippen LogP) is 3.27. The first-order valence-corrected chi connectivity index (χ1v) is 6.59. The smallest absolute Gasteiger partial charge is 0.0510 e. The zero-order valence-electron chi connectivity index (χ0n) is 10.1. The van der Waals surface area contributed by atoms with E-state index < -0.39 is 0 Å². The lowest BCUT2D eigenvalue weighted by molar-refractivity contribution is 0.759. The largest absolute Gasteiger partial charge is 0.326 e. The summed E-state index contributed by atoms with van der Waals surface area (Å²) in [5.74, 6) is 0.346. The van der Waals surface area contributed by atoms with Crippen molar-refractivity contribution in [1.29, 1.82) is 0 Å². The van der Waals surface area contributed by atoms with Crippen molar-refractivity contribution in [1.82, 2.24) is 4.98 Å². The highest BCUT2D eigenvalue weighted by atomic mass is 35.5. The third kappa shape index (κ3) is 1.92. The number of nitrogens with zero attached hydrogens (tertiary/aromatic N) is 1. The normalized spacial score (nSPS) is 17.8. The number of hydrogen-bond acceptors (Lipinski definition) is 2. The summed E-state index contributed by atoms with van der Waals surface area (Å²) in [5.41, 5.74) is 10.8. The average molecular weight is 259 g/mol. The first-order valence-electron chi connectivity index (χ1n) is 6.22. The Bertz CT molecular complexity index is 580. The highest BCUT2D eigenvalue weighted by Gasteiger charge is 2.26. The Labute approximate surface area is 112 Å². The average Bonchev–Trinajstić information content (AvgIpc) is 2.82. The van der Waals surface area contributed by atoms with E-state index >= 15 is 0 Å². The first kappa shape index (κ1) is 11.7. The summed E-state index contributed by atoms with van der Waals surface area (Å²) in [7, 11) is 0. The van der Waals surface area contributed by atoms with Crippen LogP contribution in [0.5, 0.6) is 0 Å². The minimum atomic E-state index is 0.346. The molecule has 1 unspecified atom stereocenters. The molecule has 1 aliphatic rings. The Morgan fingerprint density at radius 1 is 1.33 bits per heavy atom. The molecule has 0 bridgehead atoms. The van der Waals surface area contributed by atoms with Crippen LogP contribution < -0.4 is 5.73 Å². The molecule has 0 aliphatic heterocycles. The second-order valence-corrected chi connectivity index (χ2v) is 5.12. The van der Waals surface area contributed by atoms with E-state index in [-0.39, 0.29) is 0 Å². The van der Waals surface area contributed by atoms with E-state index in [1.807, 2.05) is 30.5 Å². The Kier molecular flexibility index (Phi) is 3.06. The molecule has 1 aromatic carbocycles. The number of benzene rings is 1. The second kappa shape index (κ2) is 4.71. The fourth-order valence-electron chi connectivity index (χ4n) is 2.79. The molecule has 2 nitrogen and oxygen atoms in total. The van der Waals surface area contributed by atoms with Crippen molar-refractivity contribution < 1.29 is 0 Å². The van der Waals surface area contributed by atoms with Crippen molar-refractivity contribution in [3.05, 3.63) is 63.9 Å². The van der Waals surface area contributed by atoms with Crippen LogP contribution in [0.4, 0.5) is 0 Å². The number of rotatable bonds is 2. The molecule has 1 atom stereocenters. The van der Waals surface area contributed by atoms with E-state index in [9.17, 15) is 0 Å². The molecule has 3 rings (SSSR count). The lowest BCUT2D eigenvalue weighted by Crippen LogP contribution is -2.06. The molecule has 92 valence electrons. The molecule has 18 heavy (non-hydrogen) atoms. The van der Waals surface area contributed by atoms with Crippen molar-refractivity contribution in [2.45, 2.75) is 25.3 Å². The lowest BCUT2D eigenvalue weighted by atomic mass is 9.92. The van der Waals surface area contributed by atoms with E-state index in [2.05, 4.69) is 11.1 Å². The molecule has 1 aliphatic carbocycles. The van der Waals surface area contributed by atoms with Gasteiger partial charge >= 0.3 is 0 Å². The number of pyridine rings is 1. The monoisotopic (exact) mass is 258 g/mol. The maximum atomic E-state index is 6.12. The summed E-state index contributed by atoms with van der Waals surface area (Å²) in [6.45, 7) is 0.547. The van der Waals surface area contributed by atoms with Gasteiger partial charge in [0.15, 0.2) is 0 Å². The van der Waals surface area contributed by atoms with Gasteiger partial charge in [-0.3, -0.25) is 4.98 Å². The van der Waals surface area contributed by atoms with E-state index in [4.69, 9.17) is 17.3 Å². The molecule has 0 saturated heterocycles. The molecular weight excluding hydrogens is 244 g/mol. The summed E-state index contributed by atoms with van der Waals surface area (Å²) in [4.78, 5) is 4.54. The molecule has 0 amide bonds. The highest BCUT2D eigenvalue weighted by Crippen LogP contribution is 2.38. The maximum absolute atomic E-state index is 6.12. The van der Waals surface area contributed by atoms with Crippen molar-refractivity contribution >= 4 is 11.6 Å². The number of hydrogen-bond donors (Lipinski definition) is 1. The summed E-state index contributed by atoms with van der Waals surface area (Å²) >= 11 is 6.12. The molecule has 0 fully saturated rings. The number of aromatic nitrogens is 1. The van der Waals surface area contributed by atoms with Crippen LogP contribution in [0.25, 0.3) is 0 Å². The van der Waals surface area contributed by atoms with Gasteiger partial charge in [-0.2, -0.15) is 0 Å². The van der Waals surface area contributed by atoms with Crippen LogP contribution in [0, 0.1) is 0 Å². The number of fused-ring (bicyclic) bond motifs is 1. The summed E-state index contributed by atoms with van der Waals surface area (Å²) < 4.78 is 0. The molecule has 2 N–H and O–H groups in total. The third-order valence-electron chi connectivity index (χ3n) is 3.66. The Balaban J connectivity index is 2.09. The molecule has 0 spiro atoms.